The fraction of sp³-hybridized carbons (Fsp3) is 0.214. The predicted octanol–water partition coefficient (Wildman–Crippen LogP) is 1.83. The van der Waals surface area contributed by atoms with Gasteiger partial charge in [-0.2, -0.15) is 0 Å². The Morgan fingerprint density at radius 2 is 1.88 bits per heavy atom. The molecule has 0 bridgehead atoms. The van der Waals surface area contributed by atoms with Crippen molar-refractivity contribution in [2.45, 2.75) is 6.54 Å². The van der Waals surface area contributed by atoms with E-state index in [0.29, 0.717) is 6.54 Å². The van der Waals surface area contributed by atoms with Gasteiger partial charge >= 0.3 is 0 Å². The molecule has 1 heterocycles. The highest BCUT2D eigenvalue weighted by molar-refractivity contribution is 5.58. The topological polar surface area (TPSA) is 45.1 Å². The van der Waals surface area contributed by atoms with E-state index in [1.54, 1.807) is 0 Å². The number of pyridine rings is 1. The number of benzene rings is 1. The number of rotatable bonds is 5. The maximum Gasteiger partial charge on any atom is 0.0702 e. The van der Waals surface area contributed by atoms with Gasteiger partial charge in [-0.3, -0.25) is 4.98 Å². The van der Waals surface area contributed by atoms with Crippen LogP contribution in [-0.2, 0) is 6.54 Å². The zero-order chi connectivity index (χ0) is 11.9. The van der Waals surface area contributed by atoms with E-state index < -0.39 is 0 Å². The van der Waals surface area contributed by atoms with Crippen LogP contribution in [0.25, 0.3) is 11.3 Å². The van der Waals surface area contributed by atoms with Crippen LogP contribution < -0.4 is 5.32 Å². The third kappa shape index (κ3) is 3.37. The van der Waals surface area contributed by atoms with Crippen molar-refractivity contribution in [1.29, 1.82) is 0 Å². The Kier molecular flexibility index (Phi) is 4.24. The first-order chi connectivity index (χ1) is 8.40. The highest BCUT2D eigenvalue weighted by Crippen LogP contribution is 2.15. The van der Waals surface area contributed by atoms with E-state index in [4.69, 9.17) is 5.11 Å². The van der Waals surface area contributed by atoms with Crippen LogP contribution in [0.15, 0.2) is 48.7 Å². The third-order valence-corrected chi connectivity index (χ3v) is 2.51. The fourth-order valence-corrected chi connectivity index (χ4v) is 1.62. The van der Waals surface area contributed by atoms with Crippen molar-refractivity contribution in [3.05, 3.63) is 54.2 Å². The van der Waals surface area contributed by atoms with Crippen LogP contribution >= 0.6 is 0 Å². The van der Waals surface area contributed by atoms with E-state index in [1.807, 2.05) is 42.6 Å². The molecule has 2 aromatic rings. The largest absolute Gasteiger partial charge is 0.395 e. The summed E-state index contributed by atoms with van der Waals surface area (Å²) in [6.45, 7) is 1.51. The molecule has 3 nitrogen and oxygen atoms in total. The zero-order valence-electron chi connectivity index (χ0n) is 9.63. The van der Waals surface area contributed by atoms with Gasteiger partial charge in [-0.15, -0.1) is 0 Å². The molecule has 0 saturated carbocycles. The minimum atomic E-state index is 0.162. The van der Waals surface area contributed by atoms with Crippen molar-refractivity contribution in [2.24, 2.45) is 0 Å². The number of nitrogens with one attached hydrogen (secondary N) is 1. The molecule has 0 fully saturated rings. The first kappa shape index (κ1) is 11.8. The second kappa shape index (κ2) is 6.13. The average Bonchev–Trinajstić information content (AvgIpc) is 2.41. The summed E-state index contributed by atoms with van der Waals surface area (Å²) in [4.78, 5) is 4.43. The summed E-state index contributed by atoms with van der Waals surface area (Å²) >= 11 is 0. The smallest absolute Gasteiger partial charge is 0.0702 e. The molecule has 0 spiro atoms. The van der Waals surface area contributed by atoms with Gasteiger partial charge < -0.3 is 10.4 Å². The van der Waals surface area contributed by atoms with Crippen molar-refractivity contribution >= 4 is 0 Å². The minimum Gasteiger partial charge on any atom is -0.395 e. The molecule has 2 N–H and O–H groups in total. The van der Waals surface area contributed by atoms with Crippen LogP contribution in [0.3, 0.4) is 0 Å². The van der Waals surface area contributed by atoms with Crippen molar-refractivity contribution in [2.75, 3.05) is 13.2 Å². The molecule has 2 rings (SSSR count). The Morgan fingerprint density at radius 1 is 1.06 bits per heavy atom. The molecule has 1 aromatic carbocycles. The summed E-state index contributed by atoms with van der Waals surface area (Å²) in [5, 5.41) is 11.8. The van der Waals surface area contributed by atoms with Crippen molar-refractivity contribution in [3.8, 4) is 11.3 Å². The van der Waals surface area contributed by atoms with E-state index in [-0.39, 0.29) is 6.61 Å². The van der Waals surface area contributed by atoms with Crippen LogP contribution in [0.4, 0.5) is 0 Å². The number of nitrogens with zero attached hydrogens (tertiary/aromatic N) is 1. The molecular weight excluding hydrogens is 212 g/mol. The van der Waals surface area contributed by atoms with Gasteiger partial charge in [0.05, 0.1) is 12.3 Å². The fourth-order valence-electron chi connectivity index (χ4n) is 1.62. The Labute approximate surface area is 101 Å². The maximum atomic E-state index is 8.66. The van der Waals surface area contributed by atoms with Gasteiger partial charge in [0, 0.05) is 24.8 Å². The number of aliphatic hydroxyl groups is 1. The summed E-state index contributed by atoms with van der Waals surface area (Å²) in [7, 11) is 0. The SMILES string of the molecule is OCCNCc1ccc(-c2ccccc2)nc1. The second-order valence-electron chi connectivity index (χ2n) is 3.82. The number of hydrogen-bond acceptors (Lipinski definition) is 3. The molecular formula is C14H16N2O. The van der Waals surface area contributed by atoms with E-state index in [0.717, 1.165) is 23.4 Å². The molecule has 0 aliphatic heterocycles. The van der Waals surface area contributed by atoms with Crippen molar-refractivity contribution in [1.82, 2.24) is 10.3 Å². The number of aliphatic hydroxyl groups excluding tert-OH is 1. The quantitative estimate of drug-likeness (QED) is 0.767. The van der Waals surface area contributed by atoms with Crippen LogP contribution in [0, 0.1) is 0 Å². The lowest BCUT2D eigenvalue weighted by molar-refractivity contribution is 0.292. The third-order valence-electron chi connectivity index (χ3n) is 2.51. The summed E-state index contributed by atoms with van der Waals surface area (Å²) < 4.78 is 0. The molecule has 0 atom stereocenters. The lowest BCUT2D eigenvalue weighted by atomic mass is 10.1. The lowest BCUT2D eigenvalue weighted by Crippen LogP contribution is -2.17. The van der Waals surface area contributed by atoms with E-state index in [1.165, 1.54) is 0 Å². The normalized spacial score (nSPS) is 10.4. The second-order valence-corrected chi connectivity index (χ2v) is 3.82. The minimum absolute atomic E-state index is 0.162. The molecule has 88 valence electrons. The van der Waals surface area contributed by atoms with E-state index in [2.05, 4.69) is 16.4 Å². The van der Waals surface area contributed by atoms with Gasteiger partial charge in [-0.1, -0.05) is 36.4 Å². The van der Waals surface area contributed by atoms with Gasteiger partial charge in [0.2, 0.25) is 0 Å². The predicted molar refractivity (Wildman–Crippen MR) is 68.5 cm³/mol. The standard InChI is InChI=1S/C14H16N2O/c17-9-8-15-10-12-6-7-14(16-11-12)13-4-2-1-3-5-13/h1-7,11,15,17H,8-10H2. The molecule has 1 aromatic heterocycles. The molecule has 0 radical (unpaired) electrons. The Hall–Kier alpha value is -1.71. The van der Waals surface area contributed by atoms with E-state index >= 15 is 0 Å². The molecule has 0 amide bonds. The first-order valence-corrected chi connectivity index (χ1v) is 5.72. The summed E-state index contributed by atoms with van der Waals surface area (Å²) in [6, 6.07) is 14.2. The molecule has 3 heteroatoms. The highest BCUT2D eigenvalue weighted by atomic mass is 16.3. The summed E-state index contributed by atoms with van der Waals surface area (Å²) in [6.07, 6.45) is 1.87. The molecule has 0 aliphatic carbocycles. The van der Waals surface area contributed by atoms with E-state index in [9.17, 15) is 0 Å². The maximum absolute atomic E-state index is 8.66. The lowest BCUT2D eigenvalue weighted by Gasteiger charge is -2.04. The number of aromatic nitrogens is 1. The van der Waals surface area contributed by atoms with Gasteiger partial charge in [-0.05, 0) is 11.6 Å². The van der Waals surface area contributed by atoms with Crippen molar-refractivity contribution in [3.63, 3.8) is 0 Å². The molecule has 0 aliphatic rings. The van der Waals surface area contributed by atoms with Gasteiger partial charge in [0.25, 0.3) is 0 Å². The van der Waals surface area contributed by atoms with Crippen LogP contribution in [0.1, 0.15) is 5.56 Å². The Morgan fingerprint density at radius 3 is 2.53 bits per heavy atom. The van der Waals surface area contributed by atoms with Crippen LogP contribution in [-0.4, -0.2) is 23.2 Å². The Bertz CT molecular complexity index is 440. The zero-order valence-corrected chi connectivity index (χ0v) is 9.63. The van der Waals surface area contributed by atoms with Crippen molar-refractivity contribution < 1.29 is 5.11 Å². The summed E-state index contributed by atoms with van der Waals surface area (Å²) in [5.41, 5.74) is 3.23. The van der Waals surface area contributed by atoms with Gasteiger partial charge in [0.15, 0.2) is 0 Å². The van der Waals surface area contributed by atoms with Crippen LogP contribution in [0.2, 0.25) is 0 Å². The molecule has 0 saturated heterocycles. The van der Waals surface area contributed by atoms with Gasteiger partial charge in [0.1, 0.15) is 0 Å². The molecule has 0 unspecified atom stereocenters. The first-order valence-electron chi connectivity index (χ1n) is 5.72. The average molecular weight is 228 g/mol. The molecule has 17 heavy (non-hydrogen) atoms. The highest BCUT2D eigenvalue weighted by Gasteiger charge is 1.98. The monoisotopic (exact) mass is 228 g/mol. The number of hydrogen-bond donors (Lipinski definition) is 2. The van der Waals surface area contributed by atoms with Gasteiger partial charge in [-0.25, -0.2) is 0 Å². The Balaban J connectivity index is 2.03. The van der Waals surface area contributed by atoms with Crippen LogP contribution in [0.5, 0.6) is 0 Å². The summed E-state index contributed by atoms with van der Waals surface area (Å²) in [5.74, 6) is 0.